The zero-order chi connectivity index (χ0) is 13.8. The third-order valence-electron chi connectivity index (χ3n) is 5.11. The van der Waals surface area contributed by atoms with E-state index in [0.717, 1.165) is 18.4 Å². The monoisotopic (exact) mass is 263 g/mol. The minimum Gasteiger partial charge on any atom is -0.385 e. The summed E-state index contributed by atoms with van der Waals surface area (Å²) < 4.78 is 13.7. The Bertz CT molecular complexity index is 476. The van der Waals surface area contributed by atoms with Crippen LogP contribution in [0, 0.1) is 19.7 Å². The van der Waals surface area contributed by atoms with E-state index in [9.17, 15) is 9.50 Å². The highest BCUT2D eigenvalue weighted by Crippen LogP contribution is 2.45. The van der Waals surface area contributed by atoms with Crippen LogP contribution in [0.15, 0.2) is 12.1 Å². The first-order valence-electron chi connectivity index (χ1n) is 7.12. The van der Waals surface area contributed by atoms with E-state index in [1.165, 1.54) is 12.8 Å². The van der Waals surface area contributed by atoms with E-state index in [4.69, 9.17) is 0 Å². The van der Waals surface area contributed by atoms with Crippen LogP contribution in [0.3, 0.4) is 0 Å². The van der Waals surface area contributed by atoms with Gasteiger partial charge in [0.05, 0.1) is 5.60 Å². The van der Waals surface area contributed by atoms with Gasteiger partial charge in [-0.25, -0.2) is 4.39 Å². The molecule has 0 aliphatic carbocycles. The molecule has 1 aromatic carbocycles. The number of halogens is 1. The Hall–Kier alpha value is -0.930. The van der Waals surface area contributed by atoms with Crippen molar-refractivity contribution in [1.29, 1.82) is 0 Å². The van der Waals surface area contributed by atoms with E-state index in [1.807, 2.05) is 12.1 Å². The Morgan fingerprint density at radius 2 is 1.63 bits per heavy atom. The van der Waals surface area contributed by atoms with Gasteiger partial charge in [0.25, 0.3) is 0 Å². The lowest BCUT2D eigenvalue weighted by Gasteiger charge is -2.42. The first-order valence-corrected chi connectivity index (χ1v) is 7.12. The molecule has 2 saturated heterocycles. The van der Waals surface area contributed by atoms with Gasteiger partial charge >= 0.3 is 0 Å². The fraction of sp³-hybridized carbons (Fsp3) is 0.625. The van der Waals surface area contributed by atoms with Gasteiger partial charge in [0.2, 0.25) is 0 Å². The molecule has 2 aliphatic heterocycles. The van der Waals surface area contributed by atoms with Crippen LogP contribution in [0.2, 0.25) is 0 Å². The first-order chi connectivity index (χ1) is 8.90. The fourth-order valence-corrected chi connectivity index (χ4v) is 3.90. The van der Waals surface area contributed by atoms with Gasteiger partial charge in [-0.15, -0.1) is 0 Å². The van der Waals surface area contributed by atoms with Crippen molar-refractivity contribution in [2.24, 2.45) is 0 Å². The number of hydrogen-bond donors (Lipinski definition) is 1. The number of benzene rings is 1. The Labute approximate surface area is 114 Å². The molecule has 1 N–H and O–H groups in total. The van der Waals surface area contributed by atoms with Crippen LogP contribution in [0.4, 0.5) is 4.39 Å². The van der Waals surface area contributed by atoms with Crippen LogP contribution in [0.5, 0.6) is 0 Å². The van der Waals surface area contributed by atoms with Crippen molar-refractivity contribution in [3.8, 4) is 0 Å². The molecule has 2 heterocycles. The smallest absolute Gasteiger partial charge is 0.129 e. The predicted octanol–water partition coefficient (Wildman–Crippen LogP) is 2.89. The summed E-state index contributed by atoms with van der Waals surface area (Å²) >= 11 is 0. The molecule has 3 heteroatoms. The molecule has 2 bridgehead atoms. The molecule has 0 radical (unpaired) electrons. The summed E-state index contributed by atoms with van der Waals surface area (Å²) in [7, 11) is 2.16. The summed E-state index contributed by atoms with van der Waals surface area (Å²) in [4.78, 5) is 2.40. The van der Waals surface area contributed by atoms with Gasteiger partial charge in [-0.05, 0) is 63.3 Å². The van der Waals surface area contributed by atoms with E-state index >= 15 is 0 Å². The molecule has 2 fully saturated rings. The van der Waals surface area contributed by atoms with Gasteiger partial charge in [0.1, 0.15) is 5.82 Å². The second-order valence-corrected chi connectivity index (χ2v) is 6.41. The highest BCUT2D eigenvalue weighted by molar-refractivity contribution is 5.35. The number of aliphatic hydroxyl groups is 1. The van der Waals surface area contributed by atoms with Crippen LogP contribution in [-0.4, -0.2) is 29.1 Å². The van der Waals surface area contributed by atoms with Gasteiger partial charge in [-0.1, -0.05) is 12.1 Å². The SMILES string of the molecule is Cc1cc(C2(O)CC3CCC(C2)N3C)cc(C)c1F. The molecule has 0 aromatic heterocycles. The standard InChI is InChI=1S/C16H22FNO/c1-10-6-12(7-11(2)15(10)17)16(19)8-13-4-5-14(9-16)18(13)3/h6-7,13-14,19H,4-5,8-9H2,1-3H3. The normalized spacial score (nSPS) is 34.8. The Morgan fingerprint density at radius 3 is 2.11 bits per heavy atom. The maximum atomic E-state index is 13.7. The van der Waals surface area contributed by atoms with E-state index in [1.54, 1.807) is 13.8 Å². The molecule has 19 heavy (non-hydrogen) atoms. The lowest BCUT2D eigenvalue weighted by atomic mass is 9.79. The minimum atomic E-state index is -0.776. The molecule has 1 aromatic rings. The number of nitrogens with zero attached hydrogens (tertiary/aromatic N) is 1. The Balaban J connectivity index is 1.98. The molecule has 2 unspecified atom stereocenters. The van der Waals surface area contributed by atoms with E-state index < -0.39 is 5.60 Å². The van der Waals surface area contributed by atoms with Crippen molar-refractivity contribution < 1.29 is 9.50 Å². The van der Waals surface area contributed by atoms with Crippen molar-refractivity contribution in [3.05, 3.63) is 34.6 Å². The summed E-state index contributed by atoms with van der Waals surface area (Å²) in [6, 6.07) is 4.59. The van der Waals surface area contributed by atoms with Crippen LogP contribution in [0.1, 0.15) is 42.4 Å². The summed E-state index contributed by atoms with van der Waals surface area (Å²) in [6.45, 7) is 3.55. The second-order valence-electron chi connectivity index (χ2n) is 6.41. The summed E-state index contributed by atoms with van der Waals surface area (Å²) in [5.41, 5.74) is 1.39. The molecular weight excluding hydrogens is 241 g/mol. The van der Waals surface area contributed by atoms with E-state index in [-0.39, 0.29) is 5.82 Å². The van der Waals surface area contributed by atoms with Gasteiger partial charge < -0.3 is 10.0 Å². The van der Waals surface area contributed by atoms with Crippen molar-refractivity contribution in [2.45, 2.75) is 57.2 Å². The lowest BCUT2D eigenvalue weighted by molar-refractivity contribution is -0.0494. The summed E-state index contributed by atoms with van der Waals surface area (Å²) in [6.07, 6.45) is 3.88. The van der Waals surface area contributed by atoms with Crippen LogP contribution >= 0.6 is 0 Å². The molecule has 0 spiro atoms. The number of hydrogen-bond acceptors (Lipinski definition) is 2. The van der Waals surface area contributed by atoms with E-state index in [0.29, 0.717) is 23.2 Å². The number of aryl methyl sites for hydroxylation is 2. The highest BCUT2D eigenvalue weighted by atomic mass is 19.1. The highest BCUT2D eigenvalue weighted by Gasteiger charge is 2.46. The van der Waals surface area contributed by atoms with E-state index in [2.05, 4.69) is 11.9 Å². The molecule has 0 saturated carbocycles. The molecule has 2 aliphatic rings. The van der Waals surface area contributed by atoms with Gasteiger partial charge in [0, 0.05) is 12.1 Å². The largest absolute Gasteiger partial charge is 0.385 e. The molecule has 104 valence electrons. The Morgan fingerprint density at radius 1 is 1.16 bits per heavy atom. The average molecular weight is 263 g/mol. The minimum absolute atomic E-state index is 0.150. The van der Waals surface area contributed by atoms with Crippen LogP contribution in [-0.2, 0) is 5.60 Å². The maximum absolute atomic E-state index is 13.7. The number of fused-ring (bicyclic) bond motifs is 2. The van der Waals surface area contributed by atoms with Crippen molar-refractivity contribution in [1.82, 2.24) is 4.90 Å². The van der Waals surface area contributed by atoms with Crippen LogP contribution in [0.25, 0.3) is 0 Å². The molecule has 2 atom stereocenters. The van der Waals surface area contributed by atoms with Gasteiger partial charge in [0.15, 0.2) is 0 Å². The van der Waals surface area contributed by atoms with Crippen molar-refractivity contribution in [3.63, 3.8) is 0 Å². The second kappa shape index (κ2) is 4.29. The average Bonchev–Trinajstić information content (AvgIpc) is 2.60. The molecule has 2 nitrogen and oxygen atoms in total. The number of piperidine rings is 1. The van der Waals surface area contributed by atoms with Crippen molar-refractivity contribution >= 4 is 0 Å². The van der Waals surface area contributed by atoms with Gasteiger partial charge in [-0.2, -0.15) is 0 Å². The maximum Gasteiger partial charge on any atom is 0.129 e. The van der Waals surface area contributed by atoms with Gasteiger partial charge in [-0.3, -0.25) is 0 Å². The molecule has 0 amide bonds. The summed E-state index contributed by atoms with van der Waals surface area (Å²) in [5, 5.41) is 11.0. The third-order valence-corrected chi connectivity index (χ3v) is 5.11. The van der Waals surface area contributed by atoms with Crippen molar-refractivity contribution in [2.75, 3.05) is 7.05 Å². The van der Waals surface area contributed by atoms with Crippen LogP contribution < -0.4 is 0 Å². The molecule has 3 rings (SSSR count). The topological polar surface area (TPSA) is 23.5 Å². The fourth-order valence-electron chi connectivity index (χ4n) is 3.90. The lowest BCUT2D eigenvalue weighted by Crippen LogP contribution is -2.47. The quantitative estimate of drug-likeness (QED) is 0.842. The summed E-state index contributed by atoms with van der Waals surface area (Å²) in [5.74, 6) is -0.150. The zero-order valence-electron chi connectivity index (χ0n) is 11.9. The third kappa shape index (κ3) is 2.00. The zero-order valence-corrected chi connectivity index (χ0v) is 11.9. The first kappa shape index (κ1) is 13.1. The predicted molar refractivity (Wildman–Crippen MR) is 73.6 cm³/mol. The Kier molecular flexibility index (Phi) is 2.95. The molecular formula is C16H22FNO. The number of rotatable bonds is 1.